The lowest BCUT2D eigenvalue weighted by atomic mass is 10.1. The Kier molecular flexibility index (Phi) is 6.76. The van der Waals surface area contributed by atoms with Crippen LogP contribution in [0.15, 0.2) is 47.6 Å². The molecular formula is C21H21FN4O3. The van der Waals surface area contributed by atoms with Crippen LogP contribution in [-0.4, -0.2) is 44.5 Å². The minimum Gasteiger partial charge on any atom is -0.484 e. The number of hydrazone groups is 1. The monoisotopic (exact) mass is 396 g/mol. The zero-order chi connectivity index (χ0) is 20.6. The van der Waals surface area contributed by atoms with E-state index in [2.05, 4.69) is 10.5 Å². The van der Waals surface area contributed by atoms with Gasteiger partial charge in [-0.3, -0.25) is 4.79 Å². The van der Waals surface area contributed by atoms with Gasteiger partial charge in [0.15, 0.2) is 6.61 Å². The van der Waals surface area contributed by atoms with Gasteiger partial charge in [-0.2, -0.15) is 10.4 Å². The number of benzene rings is 2. The molecular weight excluding hydrogens is 375 g/mol. The number of nitrogens with one attached hydrogen (secondary N) is 1. The average molecular weight is 396 g/mol. The van der Waals surface area contributed by atoms with Crippen molar-refractivity contribution in [3.8, 4) is 11.8 Å². The molecule has 8 heteroatoms. The molecule has 3 rings (SSSR count). The normalized spacial score (nSPS) is 14.2. The molecule has 2 aromatic carbocycles. The molecule has 1 fully saturated rings. The summed E-state index contributed by atoms with van der Waals surface area (Å²) in [7, 11) is 0. The van der Waals surface area contributed by atoms with Gasteiger partial charge in [0.25, 0.3) is 5.91 Å². The highest BCUT2D eigenvalue weighted by Gasteiger charge is 2.15. The van der Waals surface area contributed by atoms with Crippen molar-refractivity contribution in [1.82, 2.24) is 5.43 Å². The first kappa shape index (κ1) is 20.3. The predicted molar refractivity (Wildman–Crippen MR) is 106 cm³/mol. The van der Waals surface area contributed by atoms with Crippen LogP contribution < -0.4 is 15.1 Å². The number of nitriles is 1. The summed E-state index contributed by atoms with van der Waals surface area (Å²) in [5.41, 5.74) is 4.49. The second-order valence-corrected chi connectivity index (χ2v) is 6.42. The van der Waals surface area contributed by atoms with Gasteiger partial charge in [-0.1, -0.05) is 6.07 Å². The maximum atomic E-state index is 14.5. The van der Waals surface area contributed by atoms with Crippen LogP contribution in [0.25, 0.3) is 0 Å². The summed E-state index contributed by atoms with van der Waals surface area (Å²) in [6.07, 6.45) is 0. The fraction of sp³-hybridized carbons (Fsp3) is 0.286. The van der Waals surface area contributed by atoms with E-state index >= 15 is 0 Å². The molecule has 1 N–H and O–H groups in total. The number of morpholine rings is 1. The lowest BCUT2D eigenvalue weighted by Crippen LogP contribution is -2.36. The van der Waals surface area contributed by atoms with Gasteiger partial charge < -0.3 is 14.4 Å². The van der Waals surface area contributed by atoms with Crippen LogP contribution in [0, 0.1) is 17.1 Å². The number of nitrogens with zero attached hydrogens (tertiary/aromatic N) is 3. The van der Waals surface area contributed by atoms with Crippen LogP contribution >= 0.6 is 0 Å². The van der Waals surface area contributed by atoms with E-state index < -0.39 is 5.91 Å². The van der Waals surface area contributed by atoms with Crippen molar-refractivity contribution in [1.29, 1.82) is 5.26 Å². The van der Waals surface area contributed by atoms with E-state index in [0.29, 0.717) is 54.6 Å². The maximum Gasteiger partial charge on any atom is 0.277 e. The van der Waals surface area contributed by atoms with E-state index in [-0.39, 0.29) is 12.4 Å². The Morgan fingerprint density at radius 1 is 1.28 bits per heavy atom. The van der Waals surface area contributed by atoms with Gasteiger partial charge in [-0.15, -0.1) is 0 Å². The molecule has 1 aliphatic rings. The van der Waals surface area contributed by atoms with Crippen molar-refractivity contribution >= 4 is 17.3 Å². The molecule has 7 nitrogen and oxygen atoms in total. The van der Waals surface area contributed by atoms with Crippen molar-refractivity contribution in [2.24, 2.45) is 5.10 Å². The van der Waals surface area contributed by atoms with Crippen molar-refractivity contribution in [2.75, 3.05) is 37.8 Å². The first-order chi connectivity index (χ1) is 14.1. The summed E-state index contributed by atoms with van der Waals surface area (Å²) in [4.78, 5) is 13.9. The number of hydrogen-bond acceptors (Lipinski definition) is 6. The molecule has 0 unspecified atom stereocenters. The number of ether oxygens (including phenoxy) is 2. The number of hydrogen-bond donors (Lipinski definition) is 1. The number of halogens is 1. The third-order valence-electron chi connectivity index (χ3n) is 4.42. The Hall–Kier alpha value is -3.44. The van der Waals surface area contributed by atoms with Crippen LogP contribution in [-0.2, 0) is 9.53 Å². The van der Waals surface area contributed by atoms with Crippen molar-refractivity contribution in [3.63, 3.8) is 0 Å². The molecule has 0 bridgehead atoms. The summed E-state index contributed by atoms with van der Waals surface area (Å²) in [6, 6.07) is 13.3. The highest BCUT2D eigenvalue weighted by molar-refractivity contribution is 5.99. The van der Waals surface area contributed by atoms with Gasteiger partial charge in [-0.05, 0) is 43.3 Å². The molecule has 0 atom stereocenters. The largest absolute Gasteiger partial charge is 0.484 e. The Balaban J connectivity index is 1.55. The van der Waals surface area contributed by atoms with Gasteiger partial charge in [0.05, 0.1) is 36.2 Å². The third-order valence-corrected chi connectivity index (χ3v) is 4.42. The SMILES string of the molecule is C/C(=N/NC(=O)COc1ccc(C#N)cc1)c1ccc(N2CCOCC2)c(F)c1. The molecule has 0 radical (unpaired) electrons. The zero-order valence-electron chi connectivity index (χ0n) is 16.0. The van der Waals surface area contributed by atoms with Crippen molar-refractivity contribution in [2.45, 2.75) is 6.92 Å². The van der Waals surface area contributed by atoms with E-state index in [1.54, 1.807) is 43.3 Å². The maximum absolute atomic E-state index is 14.5. The molecule has 0 aromatic heterocycles. The van der Waals surface area contributed by atoms with E-state index in [0.717, 1.165) is 0 Å². The molecule has 1 aliphatic heterocycles. The fourth-order valence-corrected chi connectivity index (χ4v) is 2.81. The Bertz CT molecular complexity index is 932. The molecule has 29 heavy (non-hydrogen) atoms. The molecule has 0 saturated carbocycles. The van der Waals surface area contributed by atoms with E-state index in [9.17, 15) is 9.18 Å². The van der Waals surface area contributed by atoms with Gasteiger partial charge >= 0.3 is 0 Å². The van der Waals surface area contributed by atoms with Gasteiger partial charge in [0.2, 0.25) is 0 Å². The number of carbonyl (C=O) groups is 1. The quantitative estimate of drug-likeness (QED) is 0.599. The second kappa shape index (κ2) is 9.66. The van der Waals surface area contributed by atoms with Crippen LogP contribution in [0.1, 0.15) is 18.1 Å². The molecule has 1 heterocycles. The van der Waals surface area contributed by atoms with E-state index in [1.165, 1.54) is 6.07 Å². The number of anilines is 1. The second-order valence-electron chi connectivity index (χ2n) is 6.42. The summed E-state index contributed by atoms with van der Waals surface area (Å²) < 4.78 is 25.1. The lowest BCUT2D eigenvalue weighted by molar-refractivity contribution is -0.123. The number of carbonyl (C=O) groups excluding carboxylic acids is 1. The topological polar surface area (TPSA) is 86.9 Å². The van der Waals surface area contributed by atoms with Crippen LogP contribution in [0.3, 0.4) is 0 Å². The summed E-state index contributed by atoms with van der Waals surface area (Å²) >= 11 is 0. The van der Waals surface area contributed by atoms with E-state index in [4.69, 9.17) is 14.7 Å². The smallest absolute Gasteiger partial charge is 0.277 e. The molecule has 1 saturated heterocycles. The van der Waals surface area contributed by atoms with Crippen LogP contribution in [0.4, 0.5) is 10.1 Å². The minimum atomic E-state index is -0.445. The molecule has 150 valence electrons. The van der Waals surface area contributed by atoms with Gasteiger partial charge in [0.1, 0.15) is 11.6 Å². The van der Waals surface area contributed by atoms with E-state index in [1.807, 2.05) is 11.0 Å². The number of rotatable bonds is 6. The average Bonchev–Trinajstić information content (AvgIpc) is 2.76. The first-order valence-corrected chi connectivity index (χ1v) is 9.15. The zero-order valence-corrected chi connectivity index (χ0v) is 16.0. The number of amides is 1. The molecule has 1 amide bonds. The van der Waals surface area contributed by atoms with Crippen molar-refractivity contribution in [3.05, 3.63) is 59.4 Å². The third kappa shape index (κ3) is 5.53. The Labute approximate surface area is 168 Å². The minimum absolute atomic E-state index is 0.229. The summed E-state index contributed by atoms with van der Waals surface area (Å²) in [5, 5.41) is 12.8. The van der Waals surface area contributed by atoms with Gasteiger partial charge in [-0.25, -0.2) is 9.82 Å². The highest BCUT2D eigenvalue weighted by Crippen LogP contribution is 2.22. The predicted octanol–water partition coefficient (Wildman–Crippen LogP) is 2.45. The Morgan fingerprint density at radius 3 is 2.66 bits per heavy atom. The fourth-order valence-electron chi connectivity index (χ4n) is 2.81. The standard InChI is InChI=1S/C21H21FN4O3/c1-15(17-4-7-20(19(22)12-17)26-8-10-28-11-9-26)24-25-21(27)14-29-18-5-2-16(13-23)3-6-18/h2-7,12H,8-11,14H2,1H3,(H,25,27)/b24-15-. The van der Waals surface area contributed by atoms with Crippen LogP contribution in [0.2, 0.25) is 0 Å². The summed E-state index contributed by atoms with van der Waals surface area (Å²) in [5.74, 6) is -0.311. The highest BCUT2D eigenvalue weighted by atomic mass is 19.1. The lowest BCUT2D eigenvalue weighted by Gasteiger charge is -2.29. The van der Waals surface area contributed by atoms with Crippen LogP contribution in [0.5, 0.6) is 5.75 Å². The molecule has 0 aliphatic carbocycles. The van der Waals surface area contributed by atoms with Gasteiger partial charge in [0, 0.05) is 18.7 Å². The summed E-state index contributed by atoms with van der Waals surface area (Å²) in [6.45, 7) is 3.92. The Morgan fingerprint density at radius 2 is 2.00 bits per heavy atom. The van der Waals surface area contributed by atoms with Crippen molar-refractivity contribution < 1.29 is 18.7 Å². The first-order valence-electron chi connectivity index (χ1n) is 9.15. The molecule has 0 spiro atoms. The molecule has 2 aromatic rings.